The number of carbonyl (C=O) groups excluding carboxylic acids is 1. The number of amides is 1. The van der Waals surface area contributed by atoms with Crippen molar-refractivity contribution >= 4 is 5.91 Å². The molecular formula is C18H26N2O. The number of nitrogens with zero attached hydrogens (tertiary/aromatic N) is 1. The summed E-state index contributed by atoms with van der Waals surface area (Å²) in [7, 11) is 1.99. The van der Waals surface area contributed by atoms with Gasteiger partial charge in [0.2, 0.25) is 5.91 Å². The summed E-state index contributed by atoms with van der Waals surface area (Å²) >= 11 is 0. The summed E-state index contributed by atoms with van der Waals surface area (Å²) < 4.78 is 0. The molecule has 1 aromatic carbocycles. The van der Waals surface area contributed by atoms with Gasteiger partial charge in [-0.1, -0.05) is 24.3 Å². The van der Waals surface area contributed by atoms with Crippen LogP contribution in [0, 0.1) is 5.92 Å². The fourth-order valence-corrected chi connectivity index (χ4v) is 4.09. The summed E-state index contributed by atoms with van der Waals surface area (Å²) in [6.45, 7) is 5.00. The first-order chi connectivity index (χ1) is 10.1. The van der Waals surface area contributed by atoms with Crippen LogP contribution in [0.4, 0.5) is 0 Å². The van der Waals surface area contributed by atoms with Gasteiger partial charge in [0.15, 0.2) is 0 Å². The zero-order valence-corrected chi connectivity index (χ0v) is 13.2. The number of likely N-dealkylation sites (tertiary alicyclic amines) is 1. The second kappa shape index (κ2) is 5.80. The Morgan fingerprint density at radius 2 is 2.24 bits per heavy atom. The lowest BCUT2D eigenvalue weighted by Gasteiger charge is -2.37. The summed E-state index contributed by atoms with van der Waals surface area (Å²) in [5, 5.41) is 3.24. The average Bonchev–Trinajstić information content (AvgIpc) is 2.96. The predicted molar refractivity (Wildman–Crippen MR) is 85.3 cm³/mol. The van der Waals surface area contributed by atoms with Crippen molar-refractivity contribution in [3.8, 4) is 0 Å². The molecule has 114 valence electrons. The number of carbonyl (C=O) groups is 1. The first-order valence-electron chi connectivity index (χ1n) is 8.17. The SMILES string of the molecule is CNCC1CCN(C(=O)C2(C)CCCc3ccccc32)C1. The highest BCUT2D eigenvalue weighted by atomic mass is 16.2. The third kappa shape index (κ3) is 2.59. The van der Waals surface area contributed by atoms with Crippen molar-refractivity contribution in [2.45, 2.75) is 38.0 Å². The van der Waals surface area contributed by atoms with Gasteiger partial charge in [-0.05, 0) is 63.2 Å². The van der Waals surface area contributed by atoms with Gasteiger partial charge in [0.25, 0.3) is 0 Å². The highest BCUT2D eigenvalue weighted by molar-refractivity contribution is 5.88. The van der Waals surface area contributed by atoms with E-state index in [4.69, 9.17) is 0 Å². The molecule has 3 nitrogen and oxygen atoms in total. The number of fused-ring (bicyclic) bond motifs is 1. The molecule has 3 rings (SSSR count). The lowest BCUT2D eigenvalue weighted by Crippen LogP contribution is -2.46. The van der Waals surface area contributed by atoms with Gasteiger partial charge in [-0.3, -0.25) is 4.79 Å². The van der Waals surface area contributed by atoms with Gasteiger partial charge in [-0.25, -0.2) is 0 Å². The second-order valence-electron chi connectivity index (χ2n) is 6.81. The lowest BCUT2D eigenvalue weighted by atomic mass is 9.70. The van der Waals surface area contributed by atoms with Crippen molar-refractivity contribution in [3.05, 3.63) is 35.4 Å². The van der Waals surface area contributed by atoms with Crippen LogP contribution in [0.15, 0.2) is 24.3 Å². The fourth-order valence-electron chi connectivity index (χ4n) is 4.09. The van der Waals surface area contributed by atoms with Crippen LogP contribution in [0.2, 0.25) is 0 Å². The Labute approximate surface area is 127 Å². The number of aryl methyl sites for hydroxylation is 1. The molecule has 0 saturated carbocycles. The molecule has 1 heterocycles. The van der Waals surface area contributed by atoms with Crippen molar-refractivity contribution in [3.63, 3.8) is 0 Å². The highest BCUT2D eigenvalue weighted by Crippen LogP contribution is 2.39. The third-order valence-corrected chi connectivity index (χ3v) is 5.27. The van der Waals surface area contributed by atoms with Gasteiger partial charge < -0.3 is 10.2 Å². The first-order valence-corrected chi connectivity index (χ1v) is 8.17. The number of hydrogen-bond acceptors (Lipinski definition) is 2. The minimum atomic E-state index is -0.316. The van der Waals surface area contributed by atoms with Gasteiger partial charge in [-0.15, -0.1) is 0 Å². The molecule has 1 N–H and O–H groups in total. The summed E-state index contributed by atoms with van der Waals surface area (Å²) in [5.41, 5.74) is 2.31. The molecule has 1 amide bonds. The Morgan fingerprint density at radius 1 is 1.43 bits per heavy atom. The molecule has 1 aliphatic heterocycles. The third-order valence-electron chi connectivity index (χ3n) is 5.27. The van der Waals surface area contributed by atoms with Gasteiger partial charge >= 0.3 is 0 Å². The van der Waals surface area contributed by atoms with E-state index >= 15 is 0 Å². The van der Waals surface area contributed by atoms with Gasteiger partial charge in [0.1, 0.15) is 0 Å². The largest absolute Gasteiger partial charge is 0.342 e. The Balaban J connectivity index is 1.82. The Kier molecular flexibility index (Phi) is 4.03. The van der Waals surface area contributed by atoms with Crippen molar-refractivity contribution in [2.75, 3.05) is 26.7 Å². The summed E-state index contributed by atoms with van der Waals surface area (Å²) in [5.74, 6) is 0.953. The summed E-state index contributed by atoms with van der Waals surface area (Å²) in [6.07, 6.45) is 4.34. The van der Waals surface area contributed by atoms with E-state index in [-0.39, 0.29) is 5.41 Å². The van der Waals surface area contributed by atoms with Crippen LogP contribution in [0.25, 0.3) is 0 Å². The topological polar surface area (TPSA) is 32.3 Å². The first kappa shape index (κ1) is 14.6. The maximum Gasteiger partial charge on any atom is 0.232 e. The number of rotatable bonds is 3. The molecular weight excluding hydrogens is 260 g/mol. The Hall–Kier alpha value is -1.35. The quantitative estimate of drug-likeness (QED) is 0.925. The molecule has 1 aliphatic carbocycles. The van der Waals surface area contributed by atoms with Gasteiger partial charge in [-0.2, -0.15) is 0 Å². The van der Waals surface area contributed by atoms with Crippen molar-refractivity contribution in [1.29, 1.82) is 0 Å². The maximum absolute atomic E-state index is 13.1. The molecule has 0 aromatic heterocycles. The molecule has 1 aromatic rings. The van der Waals surface area contributed by atoms with E-state index in [1.807, 2.05) is 7.05 Å². The van der Waals surface area contributed by atoms with E-state index in [1.54, 1.807) is 0 Å². The van der Waals surface area contributed by atoms with E-state index < -0.39 is 0 Å². The van der Waals surface area contributed by atoms with E-state index in [0.717, 1.165) is 45.3 Å². The number of hydrogen-bond donors (Lipinski definition) is 1. The Bertz CT molecular complexity index is 528. The molecule has 0 spiro atoms. The van der Waals surface area contributed by atoms with E-state index in [1.165, 1.54) is 11.1 Å². The molecule has 0 bridgehead atoms. The second-order valence-corrected chi connectivity index (χ2v) is 6.81. The smallest absolute Gasteiger partial charge is 0.232 e. The van der Waals surface area contributed by atoms with Crippen LogP contribution >= 0.6 is 0 Å². The number of nitrogens with one attached hydrogen (secondary N) is 1. The van der Waals surface area contributed by atoms with Gasteiger partial charge in [0, 0.05) is 13.1 Å². The average molecular weight is 286 g/mol. The standard InChI is InChI=1S/C18H26N2O/c1-18(10-5-7-15-6-3-4-8-16(15)18)17(21)20-11-9-14(13-20)12-19-2/h3-4,6,8,14,19H,5,7,9-13H2,1-2H3. The van der Waals surface area contributed by atoms with Crippen LogP contribution < -0.4 is 5.32 Å². The zero-order valence-electron chi connectivity index (χ0n) is 13.2. The van der Waals surface area contributed by atoms with E-state index in [9.17, 15) is 4.79 Å². The van der Waals surface area contributed by atoms with Crippen molar-refractivity contribution in [2.24, 2.45) is 5.92 Å². The molecule has 21 heavy (non-hydrogen) atoms. The van der Waals surface area contributed by atoms with Gasteiger partial charge in [0.05, 0.1) is 5.41 Å². The lowest BCUT2D eigenvalue weighted by molar-refractivity contribution is -0.136. The minimum absolute atomic E-state index is 0.316. The van der Waals surface area contributed by atoms with Crippen LogP contribution in [0.1, 0.15) is 37.3 Å². The molecule has 1 fully saturated rings. The predicted octanol–water partition coefficient (Wildman–Crippen LogP) is 2.35. The van der Waals surface area contributed by atoms with Crippen molar-refractivity contribution in [1.82, 2.24) is 10.2 Å². The van der Waals surface area contributed by atoms with E-state index in [0.29, 0.717) is 11.8 Å². The van der Waals surface area contributed by atoms with Crippen LogP contribution in [0.5, 0.6) is 0 Å². The molecule has 0 radical (unpaired) electrons. The molecule has 3 heteroatoms. The molecule has 2 atom stereocenters. The van der Waals surface area contributed by atoms with Crippen molar-refractivity contribution < 1.29 is 4.79 Å². The normalized spacial score (nSPS) is 28.5. The van der Waals surface area contributed by atoms with E-state index in [2.05, 4.69) is 41.4 Å². The summed E-state index contributed by atoms with van der Waals surface area (Å²) in [6, 6.07) is 8.51. The van der Waals surface area contributed by atoms with Crippen LogP contribution in [0.3, 0.4) is 0 Å². The fraction of sp³-hybridized carbons (Fsp3) is 0.611. The zero-order chi connectivity index (χ0) is 14.9. The molecule has 2 unspecified atom stereocenters. The molecule has 1 saturated heterocycles. The molecule has 2 aliphatic rings. The highest BCUT2D eigenvalue weighted by Gasteiger charge is 2.42. The monoisotopic (exact) mass is 286 g/mol. The summed E-state index contributed by atoms with van der Waals surface area (Å²) in [4.78, 5) is 15.2. The van der Waals surface area contributed by atoms with Crippen LogP contribution in [-0.2, 0) is 16.6 Å². The Morgan fingerprint density at radius 3 is 3.05 bits per heavy atom. The number of benzene rings is 1. The minimum Gasteiger partial charge on any atom is -0.342 e. The van der Waals surface area contributed by atoms with Crippen LogP contribution in [-0.4, -0.2) is 37.5 Å². The maximum atomic E-state index is 13.1.